The maximum atomic E-state index is 4.52. The number of aromatic nitrogens is 1. The Balaban J connectivity index is 0.000000514. The first-order valence-electron chi connectivity index (χ1n) is 6.75. The van der Waals surface area contributed by atoms with Crippen LogP contribution >= 0.6 is 0 Å². The summed E-state index contributed by atoms with van der Waals surface area (Å²) < 4.78 is 0. The summed E-state index contributed by atoms with van der Waals surface area (Å²) in [6, 6.07) is 0. The van der Waals surface area contributed by atoms with E-state index in [1.54, 1.807) is 0 Å². The Labute approximate surface area is 103 Å². The number of hydrogen-bond acceptors (Lipinski definition) is 2. The average Bonchev–Trinajstić information content (AvgIpc) is 2.86. The van der Waals surface area contributed by atoms with Crippen LogP contribution in [0.2, 0.25) is 0 Å². The van der Waals surface area contributed by atoms with E-state index in [1.807, 2.05) is 0 Å². The molecule has 1 aromatic rings. The Hall–Kier alpha value is -1.09. The van der Waals surface area contributed by atoms with E-state index in [0.29, 0.717) is 0 Å². The van der Waals surface area contributed by atoms with Gasteiger partial charge in [0.15, 0.2) is 0 Å². The van der Waals surface area contributed by atoms with E-state index < -0.39 is 0 Å². The molecule has 1 saturated carbocycles. The molecule has 2 heterocycles. The Kier molecular flexibility index (Phi) is 4.37. The highest BCUT2D eigenvalue weighted by Gasteiger charge is 2.18. The van der Waals surface area contributed by atoms with E-state index >= 15 is 0 Å². The van der Waals surface area contributed by atoms with Crippen molar-refractivity contribution in [3.8, 4) is 0 Å². The molecule has 0 spiro atoms. The van der Waals surface area contributed by atoms with Crippen molar-refractivity contribution in [2.45, 2.75) is 44.4 Å². The topological polar surface area (TPSA) is 54.2 Å². The van der Waals surface area contributed by atoms with Crippen LogP contribution in [0.15, 0.2) is 11.2 Å². The average molecular weight is 233 g/mol. The van der Waals surface area contributed by atoms with Crippen molar-refractivity contribution in [3.63, 3.8) is 0 Å². The number of nitrogens with zero attached hydrogens (tertiary/aromatic N) is 1. The zero-order chi connectivity index (χ0) is 12.1. The van der Waals surface area contributed by atoms with E-state index in [4.69, 9.17) is 0 Å². The van der Waals surface area contributed by atoms with E-state index in [2.05, 4.69) is 28.0 Å². The lowest BCUT2D eigenvalue weighted by atomic mass is 9.84. The fraction of sp³-hybridized carbons (Fsp3) is 0.643. The number of aromatic amines is 1. The number of H-pyrrole nitrogens is 1. The van der Waals surface area contributed by atoms with Gasteiger partial charge in [-0.1, -0.05) is 25.3 Å². The second-order valence-electron chi connectivity index (χ2n) is 4.72. The first-order valence-corrected chi connectivity index (χ1v) is 6.75. The number of nitrogens with one attached hydrogen (secondary N) is 1. The van der Waals surface area contributed by atoms with Crippen LogP contribution in [0, 0.1) is 0 Å². The van der Waals surface area contributed by atoms with Crippen LogP contribution in [0.5, 0.6) is 0 Å². The lowest BCUT2D eigenvalue weighted by molar-refractivity contribution is 0.442. The minimum Gasteiger partial charge on any atom is -0.346 e. The monoisotopic (exact) mass is 233 g/mol. The van der Waals surface area contributed by atoms with Crippen molar-refractivity contribution >= 4 is 6.08 Å². The third kappa shape index (κ3) is 2.60. The van der Waals surface area contributed by atoms with Crippen molar-refractivity contribution in [1.82, 2.24) is 4.98 Å². The van der Waals surface area contributed by atoms with Crippen LogP contribution in [0.4, 0.5) is 0 Å². The van der Waals surface area contributed by atoms with E-state index in [-0.39, 0.29) is 0 Å². The van der Waals surface area contributed by atoms with Gasteiger partial charge in [-0.15, -0.1) is 0 Å². The molecule has 94 valence electrons. The van der Waals surface area contributed by atoms with E-state index in [0.717, 1.165) is 24.4 Å². The van der Waals surface area contributed by atoms with Crippen LogP contribution in [-0.4, -0.2) is 18.6 Å². The number of fused-ring (bicyclic) bond motifs is 1. The molecule has 3 nitrogen and oxygen atoms in total. The van der Waals surface area contributed by atoms with Crippen LogP contribution in [0.25, 0.3) is 6.08 Å². The molecule has 1 aromatic heterocycles. The Morgan fingerprint density at radius 2 is 2.00 bits per heavy atom. The lowest BCUT2D eigenvalue weighted by Crippen LogP contribution is -2.29. The van der Waals surface area contributed by atoms with Crippen molar-refractivity contribution in [2.75, 3.05) is 13.6 Å². The molecule has 0 amide bonds. The molecule has 0 saturated heterocycles. The van der Waals surface area contributed by atoms with Crippen LogP contribution in [-0.2, 0) is 0 Å². The first-order chi connectivity index (χ1) is 8.45. The lowest BCUT2D eigenvalue weighted by Gasteiger charge is -2.20. The van der Waals surface area contributed by atoms with Gasteiger partial charge in [-0.3, -0.25) is 4.99 Å². The smallest absolute Gasteiger partial charge is 0.132 e. The van der Waals surface area contributed by atoms with Gasteiger partial charge in [-0.05, 0) is 37.8 Å². The molecule has 0 radical (unpaired) electrons. The Morgan fingerprint density at radius 3 is 2.76 bits per heavy atom. The quantitative estimate of drug-likeness (QED) is 0.757. The molecule has 0 unspecified atom stereocenters. The van der Waals surface area contributed by atoms with Gasteiger partial charge in [-0.25, -0.2) is 0 Å². The van der Waals surface area contributed by atoms with Gasteiger partial charge in [0, 0.05) is 18.0 Å². The number of rotatable bonds is 1. The van der Waals surface area contributed by atoms with Gasteiger partial charge in [0.1, 0.15) is 5.49 Å². The molecule has 1 fully saturated rings. The van der Waals surface area contributed by atoms with Gasteiger partial charge < -0.3 is 10.7 Å². The summed E-state index contributed by atoms with van der Waals surface area (Å²) in [6.07, 6.45) is 12.7. The highest BCUT2D eigenvalue weighted by Crippen LogP contribution is 2.30. The summed E-state index contributed by atoms with van der Waals surface area (Å²) in [4.78, 5) is 7.85. The third-order valence-corrected chi connectivity index (χ3v) is 3.72. The predicted octanol–water partition coefficient (Wildman–Crippen LogP) is 1.44. The molecule has 1 aliphatic carbocycles. The zero-order valence-electron chi connectivity index (χ0n) is 10.7. The SMILES string of the molecule is C1=c2c(C3CCCCC3)c[nH]c2=NCC1.CN. The largest absolute Gasteiger partial charge is 0.346 e. The van der Waals surface area contributed by atoms with E-state index in [9.17, 15) is 0 Å². The summed E-state index contributed by atoms with van der Waals surface area (Å²) in [5.74, 6) is 0.795. The summed E-state index contributed by atoms with van der Waals surface area (Å²) in [6.45, 7) is 0.956. The van der Waals surface area contributed by atoms with Crippen molar-refractivity contribution in [3.05, 3.63) is 22.5 Å². The molecular formula is C14H23N3. The summed E-state index contributed by atoms with van der Waals surface area (Å²) in [5.41, 5.74) is 7.16. The zero-order valence-corrected chi connectivity index (χ0v) is 10.7. The highest BCUT2D eigenvalue weighted by atomic mass is 14.8. The first kappa shape index (κ1) is 12.4. The van der Waals surface area contributed by atoms with Crippen molar-refractivity contribution in [1.29, 1.82) is 0 Å². The molecular weight excluding hydrogens is 210 g/mol. The Bertz CT molecular complexity index is 452. The normalized spacial score (nSPS) is 19.4. The van der Waals surface area contributed by atoms with Gasteiger partial charge in [0.05, 0.1) is 0 Å². The van der Waals surface area contributed by atoms with Gasteiger partial charge in [0.25, 0.3) is 0 Å². The summed E-state index contributed by atoms with van der Waals surface area (Å²) in [7, 11) is 1.50. The minimum absolute atomic E-state index is 0.795. The molecule has 0 bridgehead atoms. The van der Waals surface area contributed by atoms with Crippen LogP contribution in [0.1, 0.15) is 50.0 Å². The van der Waals surface area contributed by atoms with Gasteiger partial charge >= 0.3 is 0 Å². The molecule has 3 heteroatoms. The Morgan fingerprint density at radius 1 is 1.24 bits per heavy atom. The number of hydrogen-bond donors (Lipinski definition) is 2. The number of nitrogens with two attached hydrogens (primary N) is 1. The maximum absolute atomic E-state index is 4.52. The molecule has 0 aromatic carbocycles. The van der Waals surface area contributed by atoms with Crippen molar-refractivity contribution < 1.29 is 0 Å². The summed E-state index contributed by atoms with van der Waals surface area (Å²) >= 11 is 0. The standard InChI is InChI=1S/C13H18N2.CH5N/c1-2-5-10(6-3-1)12-9-15-13-11(12)7-4-8-14-13;1-2/h7,9-10H,1-6,8H2,(H,14,15);2H2,1H3. The minimum atomic E-state index is 0.795. The second kappa shape index (κ2) is 6.01. The molecule has 0 atom stereocenters. The molecule has 3 rings (SSSR count). The highest BCUT2D eigenvalue weighted by molar-refractivity contribution is 5.31. The molecule has 17 heavy (non-hydrogen) atoms. The third-order valence-electron chi connectivity index (χ3n) is 3.72. The fourth-order valence-electron chi connectivity index (χ4n) is 2.92. The van der Waals surface area contributed by atoms with Gasteiger partial charge in [-0.2, -0.15) is 0 Å². The van der Waals surface area contributed by atoms with Gasteiger partial charge in [0.2, 0.25) is 0 Å². The molecule has 3 N–H and O–H groups in total. The van der Waals surface area contributed by atoms with Crippen LogP contribution < -0.4 is 16.4 Å². The predicted molar refractivity (Wildman–Crippen MR) is 71.5 cm³/mol. The summed E-state index contributed by atoms with van der Waals surface area (Å²) in [5, 5.41) is 1.41. The maximum Gasteiger partial charge on any atom is 0.132 e. The van der Waals surface area contributed by atoms with Crippen molar-refractivity contribution in [2.24, 2.45) is 10.7 Å². The molecule has 1 aliphatic heterocycles. The van der Waals surface area contributed by atoms with Crippen LogP contribution in [0.3, 0.4) is 0 Å². The van der Waals surface area contributed by atoms with E-state index in [1.165, 1.54) is 49.9 Å². The molecule has 2 aliphatic rings. The second-order valence-corrected chi connectivity index (χ2v) is 4.72. The fourth-order valence-corrected chi connectivity index (χ4v) is 2.92.